The van der Waals surface area contributed by atoms with Crippen molar-refractivity contribution in [2.75, 3.05) is 47.5 Å². The Balaban J connectivity index is 4.02. The molecule has 2 atom stereocenters. The minimum absolute atomic E-state index is 0.0276. The molecule has 81 heavy (non-hydrogen) atoms. The van der Waals surface area contributed by atoms with E-state index in [2.05, 4.69) is 123 Å². The highest BCUT2D eigenvalue weighted by Gasteiger charge is 2.27. The van der Waals surface area contributed by atoms with Crippen LogP contribution in [0.15, 0.2) is 109 Å². The van der Waals surface area contributed by atoms with Gasteiger partial charge in [0.25, 0.3) is 0 Å². The summed E-state index contributed by atoms with van der Waals surface area (Å²) < 4.78 is 34.6. The van der Waals surface area contributed by atoms with Crippen molar-refractivity contribution in [1.29, 1.82) is 0 Å². The number of carbonyl (C=O) groups is 2. The summed E-state index contributed by atoms with van der Waals surface area (Å²) in [6.45, 7) is 4.31. The lowest BCUT2D eigenvalue weighted by Crippen LogP contribution is -2.37. The first-order chi connectivity index (χ1) is 39.5. The van der Waals surface area contributed by atoms with Crippen LogP contribution < -0.4 is 0 Å². The molecule has 1 N–H and O–H groups in total. The van der Waals surface area contributed by atoms with E-state index in [1.165, 1.54) is 141 Å². The van der Waals surface area contributed by atoms with Gasteiger partial charge in [0.05, 0.1) is 27.7 Å². The molecular weight excluding hydrogens is 1030 g/mol. The second kappa shape index (κ2) is 61.2. The molecule has 0 fully saturated rings. The Morgan fingerprint density at radius 2 is 0.704 bits per heavy atom. The molecule has 0 aliphatic carbocycles. The van der Waals surface area contributed by atoms with E-state index in [1.807, 2.05) is 21.1 Å². The maximum atomic E-state index is 12.9. The van der Waals surface area contributed by atoms with Crippen LogP contribution in [0, 0.1) is 0 Å². The Morgan fingerprint density at radius 3 is 1.05 bits per heavy atom. The zero-order chi connectivity index (χ0) is 59.1. The van der Waals surface area contributed by atoms with Gasteiger partial charge in [0.15, 0.2) is 6.10 Å². The first kappa shape index (κ1) is 77.7. The van der Waals surface area contributed by atoms with E-state index in [-0.39, 0.29) is 32.0 Å². The molecular formula is C71H125NO8P+. The summed E-state index contributed by atoms with van der Waals surface area (Å²) in [6.07, 6.45) is 86.1. The second-order valence-electron chi connectivity index (χ2n) is 23.1. The Morgan fingerprint density at radius 1 is 0.395 bits per heavy atom. The molecule has 0 rings (SSSR count). The molecule has 466 valence electrons. The van der Waals surface area contributed by atoms with E-state index >= 15 is 0 Å². The lowest BCUT2D eigenvalue weighted by Gasteiger charge is -2.24. The average Bonchev–Trinajstić information content (AvgIpc) is 3.43. The summed E-state index contributed by atoms with van der Waals surface area (Å²) in [5.74, 6) is -0.802. The van der Waals surface area contributed by atoms with Gasteiger partial charge in [0.1, 0.15) is 19.8 Å². The fraction of sp³-hybridized carbons (Fsp3) is 0.718. The highest BCUT2D eigenvalue weighted by atomic mass is 31.2. The first-order valence-electron chi connectivity index (χ1n) is 33.1. The number of carbonyl (C=O) groups excluding carboxylic acids is 2. The Kier molecular flexibility index (Phi) is 58.7. The van der Waals surface area contributed by atoms with E-state index in [0.717, 1.165) is 103 Å². The molecule has 0 amide bonds. The fourth-order valence-corrected chi connectivity index (χ4v) is 9.71. The molecule has 0 radical (unpaired) electrons. The minimum atomic E-state index is -4.39. The maximum Gasteiger partial charge on any atom is 0.472 e. The molecule has 9 nitrogen and oxygen atoms in total. The van der Waals surface area contributed by atoms with Gasteiger partial charge in [0, 0.05) is 12.8 Å². The van der Waals surface area contributed by atoms with Gasteiger partial charge in [-0.1, -0.05) is 271 Å². The molecule has 2 unspecified atom stereocenters. The van der Waals surface area contributed by atoms with Gasteiger partial charge in [-0.25, -0.2) is 4.57 Å². The molecule has 0 heterocycles. The number of rotatable bonds is 60. The van der Waals surface area contributed by atoms with Gasteiger partial charge in [-0.3, -0.25) is 18.6 Å². The summed E-state index contributed by atoms with van der Waals surface area (Å²) in [7, 11) is 1.47. The SMILES string of the molecule is CC/C=C\C/C=C\C/C=C\C/C=C\C/C=C\C/C=C\C/C=C\CCCCCCCCCCCCCCCCCCCC(=O)OC(COC(=O)CCCCCCCCC/C=C\C/C=C\CCCCCC)COP(=O)(O)OCC[N+](C)(C)C. The molecule has 0 saturated heterocycles. The van der Waals surface area contributed by atoms with Crippen LogP contribution in [0.25, 0.3) is 0 Å². The number of hydrogen-bond acceptors (Lipinski definition) is 7. The topological polar surface area (TPSA) is 108 Å². The van der Waals surface area contributed by atoms with Crippen LogP contribution in [0.2, 0.25) is 0 Å². The molecule has 0 bridgehead atoms. The zero-order valence-electron chi connectivity index (χ0n) is 53.0. The maximum absolute atomic E-state index is 12.9. The Hall–Kier alpha value is -3.33. The van der Waals surface area contributed by atoms with Crippen LogP contribution in [0.1, 0.15) is 277 Å². The standard InChI is InChI=1S/C71H124NO8P/c1-6-8-10-12-14-16-18-20-22-24-26-27-28-29-30-31-32-33-34-35-36-37-38-39-40-41-42-43-44-45-46-48-50-52-54-56-58-60-62-64-71(74)80-69(68-79-81(75,76)78-66-65-72(3,4)5)67-77-70(73)63-61-59-57-55-53-51-49-47-25-23-21-19-17-15-13-11-9-7-2/h8,10,14,16-17,19-20,22-23,25-27,29-30,32-33,35-36,69H,6-7,9,11-13,15,18,21,24,28,31,34,37-68H2,1-5H3/p+1/b10-8-,16-14-,19-17-,22-20-,25-23-,27-26-,30-29-,33-32-,36-35-. The molecule has 0 aromatic heterocycles. The summed E-state index contributed by atoms with van der Waals surface area (Å²) >= 11 is 0. The van der Waals surface area contributed by atoms with Gasteiger partial charge in [-0.15, -0.1) is 0 Å². The van der Waals surface area contributed by atoms with Crippen LogP contribution in [0.4, 0.5) is 0 Å². The lowest BCUT2D eigenvalue weighted by atomic mass is 10.0. The highest BCUT2D eigenvalue weighted by molar-refractivity contribution is 7.47. The summed E-state index contributed by atoms with van der Waals surface area (Å²) in [4.78, 5) is 35.8. The van der Waals surface area contributed by atoms with Crippen LogP contribution >= 0.6 is 7.82 Å². The first-order valence-corrected chi connectivity index (χ1v) is 34.6. The van der Waals surface area contributed by atoms with Gasteiger partial charge < -0.3 is 18.9 Å². The van der Waals surface area contributed by atoms with Gasteiger partial charge in [-0.2, -0.15) is 0 Å². The van der Waals surface area contributed by atoms with E-state index in [4.69, 9.17) is 18.5 Å². The number of ether oxygens (including phenoxy) is 2. The molecule has 0 aliphatic rings. The van der Waals surface area contributed by atoms with E-state index < -0.39 is 26.5 Å². The van der Waals surface area contributed by atoms with Crippen molar-refractivity contribution in [3.8, 4) is 0 Å². The zero-order valence-corrected chi connectivity index (χ0v) is 53.9. The second-order valence-corrected chi connectivity index (χ2v) is 24.6. The molecule has 0 saturated carbocycles. The third-order valence-corrected chi connectivity index (χ3v) is 15.0. The fourth-order valence-electron chi connectivity index (χ4n) is 8.97. The summed E-state index contributed by atoms with van der Waals surface area (Å²) in [5, 5.41) is 0. The van der Waals surface area contributed by atoms with Crippen LogP contribution in [0.5, 0.6) is 0 Å². The van der Waals surface area contributed by atoms with Gasteiger partial charge >= 0.3 is 19.8 Å². The number of quaternary nitrogens is 1. The number of esters is 2. The van der Waals surface area contributed by atoms with E-state index in [0.29, 0.717) is 17.4 Å². The summed E-state index contributed by atoms with van der Waals surface area (Å²) in [5.41, 5.74) is 0. The molecule has 0 aromatic rings. The minimum Gasteiger partial charge on any atom is -0.462 e. The predicted molar refractivity (Wildman–Crippen MR) is 348 cm³/mol. The number of unbranched alkanes of at least 4 members (excludes halogenated alkanes) is 28. The third-order valence-electron chi connectivity index (χ3n) is 14.0. The normalized spacial score (nSPS) is 13.9. The molecule has 0 aliphatic heterocycles. The van der Waals surface area contributed by atoms with Crippen LogP contribution in [-0.2, 0) is 32.7 Å². The van der Waals surface area contributed by atoms with Crippen molar-refractivity contribution in [1.82, 2.24) is 0 Å². The number of hydrogen-bond donors (Lipinski definition) is 1. The van der Waals surface area contributed by atoms with E-state index in [1.54, 1.807) is 0 Å². The predicted octanol–water partition coefficient (Wildman–Crippen LogP) is 21.3. The van der Waals surface area contributed by atoms with Crippen molar-refractivity contribution in [3.05, 3.63) is 109 Å². The number of phosphoric acid groups is 1. The van der Waals surface area contributed by atoms with Crippen molar-refractivity contribution in [2.45, 2.75) is 283 Å². The molecule has 0 spiro atoms. The smallest absolute Gasteiger partial charge is 0.462 e. The average molecular weight is 1150 g/mol. The van der Waals surface area contributed by atoms with Gasteiger partial charge in [0.2, 0.25) is 0 Å². The van der Waals surface area contributed by atoms with Crippen LogP contribution in [-0.4, -0.2) is 74.9 Å². The molecule has 10 heteroatoms. The Bertz CT molecular complexity index is 1730. The van der Waals surface area contributed by atoms with Crippen molar-refractivity contribution >= 4 is 19.8 Å². The number of likely N-dealkylation sites (N-methyl/N-ethyl adjacent to an activating group) is 1. The highest BCUT2D eigenvalue weighted by Crippen LogP contribution is 2.43. The van der Waals surface area contributed by atoms with Crippen molar-refractivity contribution < 1.29 is 42.1 Å². The van der Waals surface area contributed by atoms with Crippen molar-refractivity contribution in [3.63, 3.8) is 0 Å². The van der Waals surface area contributed by atoms with Crippen LogP contribution in [0.3, 0.4) is 0 Å². The third kappa shape index (κ3) is 65.7. The Labute approximate surface area is 499 Å². The summed E-state index contributed by atoms with van der Waals surface area (Å²) in [6, 6.07) is 0. The lowest BCUT2D eigenvalue weighted by molar-refractivity contribution is -0.870. The number of nitrogens with zero attached hydrogens (tertiary/aromatic N) is 1. The largest absolute Gasteiger partial charge is 0.472 e. The van der Waals surface area contributed by atoms with E-state index in [9.17, 15) is 19.0 Å². The van der Waals surface area contributed by atoms with Gasteiger partial charge in [-0.05, 0) is 103 Å². The quantitative estimate of drug-likeness (QED) is 0.0211. The molecule has 0 aromatic carbocycles. The number of allylic oxidation sites excluding steroid dienone is 18. The number of phosphoric ester groups is 1. The van der Waals surface area contributed by atoms with Crippen molar-refractivity contribution in [2.24, 2.45) is 0 Å². The monoisotopic (exact) mass is 1150 g/mol.